The standard InChI is InChI=1S/C16H24FN3O3S/c1-3-18(4-2)13-16(21)19-8-10-20(11-9-19)24(22,23)15-7-5-6-14(17)12-15/h5-7,12H,3-4,8-11,13H2,1-2H3. The Bertz CT molecular complexity index is 669. The first kappa shape index (κ1) is 18.8. The molecule has 0 radical (unpaired) electrons. The summed E-state index contributed by atoms with van der Waals surface area (Å²) in [6, 6.07) is 5.00. The van der Waals surface area contributed by atoms with Crippen LogP contribution in [0.1, 0.15) is 13.8 Å². The minimum absolute atomic E-state index is 0.0153. The lowest BCUT2D eigenvalue weighted by atomic mass is 10.3. The number of likely N-dealkylation sites (N-methyl/N-ethyl adjacent to an activating group) is 1. The molecule has 1 heterocycles. The number of carbonyl (C=O) groups excluding carboxylic acids is 1. The predicted octanol–water partition coefficient (Wildman–Crippen LogP) is 1.00. The maximum Gasteiger partial charge on any atom is 0.243 e. The fourth-order valence-electron chi connectivity index (χ4n) is 2.69. The smallest absolute Gasteiger partial charge is 0.243 e. The van der Waals surface area contributed by atoms with Crippen molar-refractivity contribution in [3.8, 4) is 0 Å². The van der Waals surface area contributed by atoms with Gasteiger partial charge >= 0.3 is 0 Å². The van der Waals surface area contributed by atoms with Gasteiger partial charge in [0.25, 0.3) is 0 Å². The molecule has 0 bridgehead atoms. The van der Waals surface area contributed by atoms with Crippen LogP contribution in [-0.2, 0) is 14.8 Å². The minimum Gasteiger partial charge on any atom is -0.339 e. The van der Waals surface area contributed by atoms with E-state index in [1.807, 2.05) is 18.7 Å². The number of hydrogen-bond donors (Lipinski definition) is 0. The van der Waals surface area contributed by atoms with Crippen LogP contribution < -0.4 is 0 Å². The van der Waals surface area contributed by atoms with Crippen molar-refractivity contribution in [2.45, 2.75) is 18.7 Å². The molecule has 0 unspecified atom stereocenters. The van der Waals surface area contributed by atoms with Gasteiger partial charge in [0.15, 0.2) is 0 Å². The topological polar surface area (TPSA) is 60.9 Å². The van der Waals surface area contributed by atoms with Gasteiger partial charge in [-0.05, 0) is 31.3 Å². The van der Waals surface area contributed by atoms with Crippen molar-refractivity contribution in [3.05, 3.63) is 30.1 Å². The van der Waals surface area contributed by atoms with Gasteiger partial charge in [0.05, 0.1) is 11.4 Å². The normalized spacial score (nSPS) is 16.6. The zero-order chi connectivity index (χ0) is 17.7. The van der Waals surface area contributed by atoms with Crippen molar-refractivity contribution in [3.63, 3.8) is 0 Å². The summed E-state index contributed by atoms with van der Waals surface area (Å²) < 4.78 is 39.7. The number of rotatable bonds is 6. The highest BCUT2D eigenvalue weighted by Crippen LogP contribution is 2.18. The van der Waals surface area contributed by atoms with Gasteiger partial charge in [-0.25, -0.2) is 12.8 Å². The molecule has 24 heavy (non-hydrogen) atoms. The predicted molar refractivity (Wildman–Crippen MR) is 89.5 cm³/mol. The van der Waals surface area contributed by atoms with Crippen molar-refractivity contribution in [1.29, 1.82) is 0 Å². The van der Waals surface area contributed by atoms with Crippen molar-refractivity contribution >= 4 is 15.9 Å². The molecule has 0 aliphatic carbocycles. The van der Waals surface area contributed by atoms with Crippen molar-refractivity contribution in [2.75, 3.05) is 45.8 Å². The van der Waals surface area contributed by atoms with Crippen LogP contribution in [0.5, 0.6) is 0 Å². The Balaban J connectivity index is 1.98. The zero-order valence-electron chi connectivity index (χ0n) is 14.1. The van der Waals surface area contributed by atoms with E-state index in [1.54, 1.807) is 4.90 Å². The summed E-state index contributed by atoms with van der Waals surface area (Å²) >= 11 is 0. The molecule has 0 saturated carbocycles. The Hall–Kier alpha value is -1.51. The van der Waals surface area contributed by atoms with Gasteiger partial charge in [-0.2, -0.15) is 4.31 Å². The van der Waals surface area contributed by atoms with Gasteiger partial charge in [-0.3, -0.25) is 9.69 Å². The van der Waals surface area contributed by atoms with Gasteiger partial charge in [0, 0.05) is 26.2 Å². The highest BCUT2D eigenvalue weighted by atomic mass is 32.2. The third-order valence-corrected chi connectivity index (χ3v) is 6.17. The summed E-state index contributed by atoms with van der Waals surface area (Å²) in [4.78, 5) is 15.9. The van der Waals surface area contributed by atoms with E-state index >= 15 is 0 Å². The summed E-state index contributed by atoms with van der Waals surface area (Å²) in [7, 11) is -3.72. The first-order valence-corrected chi connectivity index (χ1v) is 9.58. The van der Waals surface area contributed by atoms with Crippen molar-refractivity contribution in [2.24, 2.45) is 0 Å². The second kappa shape index (κ2) is 8.04. The summed E-state index contributed by atoms with van der Waals surface area (Å²) in [6.45, 7) is 7.12. The number of carbonyl (C=O) groups is 1. The quantitative estimate of drug-likeness (QED) is 0.762. The van der Waals surface area contributed by atoms with Crippen molar-refractivity contribution < 1.29 is 17.6 Å². The first-order valence-electron chi connectivity index (χ1n) is 8.14. The first-order chi connectivity index (χ1) is 11.4. The fourth-order valence-corrected chi connectivity index (χ4v) is 4.15. The van der Waals surface area contributed by atoms with Gasteiger partial charge in [0.1, 0.15) is 5.82 Å². The maximum absolute atomic E-state index is 13.3. The van der Waals surface area contributed by atoms with Crippen molar-refractivity contribution in [1.82, 2.24) is 14.1 Å². The number of halogens is 1. The molecule has 2 rings (SSSR count). The molecule has 134 valence electrons. The molecular weight excluding hydrogens is 333 g/mol. The zero-order valence-corrected chi connectivity index (χ0v) is 14.9. The SMILES string of the molecule is CCN(CC)CC(=O)N1CCN(S(=O)(=O)c2cccc(F)c2)CC1. The number of benzene rings is 1. The molecule has 1 aromatic carbocycles. The van der Waals surface area contributed by atoms with Gasteiger partial charge in [-0.15, -0.1) is 0 Å². The second-order valence-corrected chi connectivity index (χ2v) is 7.64. The van der Waals surface area contributed by atoms with E-state index in [0.29, 0.717) is 19.6 Å². The van der Waals surface area contributed by atoms with Crippen LogP contribution in [0.25, 0.3) is 0 Å². The third kappa shape index (κ3) is 4.31. The van der Waals surface area contributed by atoms with Crippen LogP contribution in [0.15, 0.2) is 29.2 Å². The molecule has 0 atom stereocenters. The molecule has 1 aliphatic heterocycles. The molecule has 1 amide bonds. The lowest BCUT2D eigenvalue weighted by molar-refractivity contribution is -0.133. The van der Waals surface area contributed by atoms with Crippen LogP contribution >= 0.6 is 0 Å². The summed E-state index contributed by atoms with van der Waals surface area (Å²) in [5, 5.41) is 0. The van der Waals surface area contributed by atoms with Gasteiger partial charge < -0.3 is 4.90 Å². The average molecular weight is 357 g/mol. The number of nitrogens with zero attached hydrogens (tertiary/aromatic N) is 3. The van der Waals surface area contributed by atoms with E-state index in [1.165, 1.54) is 22.5 Å². The summed E-state index contributed by atoms with van der Waals surface area (Å²) in [5.74, 6) is -0.564. The van der Waals surface area contributed by atoms with Crippen LogP contribution in [0.2, 0.25) is 0 Å². The average Bonchev–Trinajstić information content (AvgIpc) is 2.59. The van der Waals surface area contributed by atoms with Crippen LogP contribution in [0.3, 0.4) is 0 Å². The fraction of sp³-hybridized carbons (Fsp3) is 0.562. The Morgan fingerprint density at radius 3 is 2.33 bits per heavy atom. The summed E-state index contributed by atoms with van der Waals surface area (Å²) in [5.41, 5.74) is 0. The molecule has 1 fully saturated rings. The second-order valence-electron chi connectivity index (χ2n) is 5.70. The highest BCUT2D eigenvalue weighted by molar-refractivity contribution is 7.89. The number of piperazine rings is 1. The van der Waals surface area contributed by atoms with Crippen LogP contribution in [0.4, 0.5) is 4.39 Å². The van der Waals surface area contributed by atoms with E-state index in [4.69, 9.17) is 0 Å². The van der Waals surface area contributed by atoms with E-state index in [2.05, 4.69) is 0 Å². The number of hydrogen-bond acceptors (Lipinski definition) is 4. The minimum atomic E-state index is -3.72. The largest absolute Gasteiger partial charge is 0.339 e. The Morgan fingerprint density at radius 1 is 1.17 bits per heavy atom. The third-order valence-electron chi connectivity index (χ3n) is 4.28. The molecule has 1 aliphatic rings. The van der Waals surface area contributed by atoms with E-state index in [-0.39, 0.29) is 23.9 Å². The molecule has 0 spiro atoms. The molecular formula is C16H24FN3O3S. The molecule has 0 aromatic heterocycles. The monoisotopic (exact) mass is 357 g/mol. The number of sulfonamides is 1. The summed E-state index contributed by atoms with van der Waals surface area (Å²) in [6.07, 6.45) is 0. The maximum atomic E-state index is 13.3. The molecule has 1 saturated heterocycles. The Labute approximate surface area is 142 Å². The van der Waals surface area contributed by atoms with Gasteiger partial charge in [0.2, 0.25) is 15.9 Å². The molecule has 0 N–H and O–H groups in total. The highest BCUT2D eigenvalue weighted by Gasteiger charge is 2.30. The lowest BCUT2D eigenvalue weighted by Gasteiger charge is -2.35. The van der Waals surface area contributed by atoms with E-state index < -0.39 is 15.8 Å². The number of amides is 1. The van der Waals surface area contributed by atoms with E-state index in [9.17, 15) is 17.6 Å². The Morgan fingerprint density at radius 2 is 1.79 bits per heavy atom. The van der Waals surface area contributed by atoms with Gasteiger partial charge in [-0.1, -0.05) is 19.9 Å². The van der Waals surface area contributed by atoms with Crippen LogP contribution in [-0.4, -0.2) is 74.2 Å². The molecule has 8 heteroatoms. The van der Waals surface area contributed by atoms with E-state index in [0.717, 1.165) is 19.2 Å². The Kier molecular flexibility index (Phi) is 6.31. The van der Waals surface area contributed by atoms with Crippen LogP contribution in [0, 0.1) is 5.82 Å². The molecule has 6 nitrogen and oxygen atoms in total. The lowest BCUT2D eigenvalue weighted by Crippen LogP contribution is -2.52. The molecule has 1 aromatic rings.